The number of aromatic nitrogens is 3. The fourth-order valence-corrected chi connectivity index (χ4v) is 2.93. The summed E-state index contributed by atoms with van der Waals surface area (Å²) in [5.74, 6) is -1.44. The van der Waals surface area contributed by atoms with Gasteiger partial charge in [-0.3, -0.25) is 10.1 Å². The molecule has 0 bridgehead atoms. The molecule has 0 radical (unpaired) electrons. The van der Waals surface area contributed by atoms with Crippen molar-refractivity contribution in [2.24, 2.45) is 5.92 Å². The lowest BCUT2D eigenvalue weighted by Gasteiger charge is -2.40. The quantitative estimate of drug-likeness (QED) is 0.873. The highest BCUT2D eigenvalue weighted by molar-refractivity contribution is 5.66. The summed E-state index contributed by atoms with van der Waals surface area (Å²) in [4.78, 5) is 6.06. The van der Waals surface area contributed by atoms with Gasteiger partial charge in [-0.25, -0.2) is 8.78 Å². The molecule has 4 rings (SSSR count). The van der Waals surface area contributed by atoms with Crippen LogP contribution in [0.15, 0.2) is 18.3 Å². The van der Waals surface area contributed by atoms with Crippen LogP contribution in [0.1, 0.15) is 39.3 Å². The fourth-order valence-electron chi connectivity index (χ4n) is 2.93. The minimum Gasteiger partial charge on any atom is -0.491 e. The van der Waals surface area contributed by atoms with E-state index in [-0.39, 0.29) is 18.5 Å². The number of H-pyrrole nitrogens is 1. The molecule has 1 N–H and O–H groups in total. The van der Waals surface area contributed by atoms with Gasteiger partial charge in [0.1, 0.15) is 11.4 Å². The van der Waals surface area contributed by atoms with Crippen LogP contribution in [-0.4, -0.2) is 40.8 Å². The van der Waals surface area contributed by atoms with Crippen LogP contribution in [0.4, 0.5) is 14.5 Å². The molecule has 2 aromatic rings. The number of hydrogen-bond donors (Lipinski definition) is 1. The van der Waals surface area contributed by atoms with E-state index < -0.39 is 5.92 Å². The average molecular weight is 362 g/mol. The summed E-state index contributed by atoms with van der Waals surface area (Å²) >= 11 is 0. The molecule has 0 atom stereocenters. The van der Waals surface area contributed by atoms with Gasteiger partial charge in [-0.05, 0) is 24.8 Å². The maximum atomic E-state index is 13.3. The molecular formula is C19H24F2N4O. The van der Waals surface area contributed by atoms with Gasteiger partial charge in [0.15, 0.2) is 0 Å². The van der Waals surface area contributed by atoms with Gasteiger partial charge >= 0.3 is 0 Å². The van der Waals surface area contributed by atoms with Crippen molar-refractivity contribution in [2.75, 3.05) is 24.6 Å². The first kappa shape index (κ1) is 17.2. The van der Waals surface area contributed by atoms with Crippen LogP contribution >= 0.6 is 0 Å². The molecule has 7 heteroatoms. The highest BCUT2D eigenvalue weighted by atomic mass is 19.3. The number of nitrogens with one attached hydrogen (secondary N) is 1. The summed E-state index contributed by atoms with van der Waals surface area (Å²) in [6.07, 6.45) is 3.96. The number of rotatable bonds is 5. The molecule has 26 heavy (non-hydrogen) atoms. The summed E-state index contributed by atoms with van der Waals surface area (Å²) in [5.41, 5.74) is 3.01. The van der Waals surface area contributed by atoms with Crippen LogP contribution in [0.2, 0.25) is 0 Å². The van der Waals surface area contributed by atoms with Crippen molar-refractivity contribution in [3.05, 3.63) is 24.0 Å². The second kappa shape index (κ2) is 5.93. The molecule has 5 nitrogen and oxygen atoms in total. The number of nitrogens with zero attached hydrogens (tertiary/aromatic N) is 3. The molecule has 2 aromatic heterocycles. The summed E-state index contributed by atoms with van der Waals surface area (Å²) in [5, 5.41) is 7.41. The van der Waals surface area contributed by atoms with Gasteiger partial charge in [-0.2, -0.15) is 5.10 Å². The van der Waals surface area contributed by atoms with E-state index in [0.717, 1.165) is 11.4 Å². The van der Waals surface area contributed by atoms with Crippen molar-refractivity contribution in [1.29, 1.82) is 0 Å². The van der Waals surface area contributed by atoms with Crippen molar-refractivity contribution in [1.82, 2.24) is 15.2 Å². The number of halogens is 2. The predicted molar refractivity (Wildman–Crippen MR) is 95.9 cm³/mol. The van der Waals surface area contributed by atoms with Gasteiger partial charge in [0, 0.05) is 17.2 Å². The zero-order valence-electron chi connectivity index (χ0n) is 15.4. The largest absolute Gasteiger partial charge is 0.491 e. The number of pyridine rings is 1. The highest BCUT2D eigenvalue weighted by Crippen LogP contribution is 2.39. The third kappa shape index (κ3) is 3.52. The Hall–Kier alpha value is -2.18. The molecule has 1 aliphatic heterocycles. The monoisotopic (exact) mass is 362 g/mol. The zero-order valence-corrected chi connectivity index (χ0v) is 15.4. The molecule has 1 aliphatic carbocycles. The number of ether oxygens (including phenoxy) is 1. The van der Waals surface area contributed by atoms with Gasteiger partial charge in [0.25, 0.3) is 5.92 Å². The van der Waals surface area contributed by atoms with E-state index in [1.807, 2.05) is 12.1 Å². The first-order valence-electron chi connectivity index (χ1n) is 9.03. The number of hydrogen-bond acceptors (Lipinski definition) is 4. The second-order valence-corrected chi connectivity index (χ2v) is 8.42. The number of alkyl halides is 2. The van der Waals surface area contributed by atoms with E-state index in [1.165, 1.54) is 12.8 Å². The minimum atomic E-state index is -2.63. The standard InChI is InChI=1S/C19H24F2N4O/c1-18(2,3)17-7-14(23-24-17)13-6-16(26-9-12-4-5-12)15(8-22-13)25-10-19(20,21)11-25/h6-8,12H,4-5,9-11H2,1-3H3,(H,23,24). The Bertz CT molecular complexity index is 800. The van der Waals surface area contributed by atoms with Crippen LogP contribution in [0.25, 0.3) is 11.4 Å². The van der Waals surface area contributed by atoms with Crippen molar-refractivity contribution >= 4 is 5.69 Å². The molecular weight excluding hydrogens is 338 g/mol. The van der Waals surface area contributed by atoms with Crippen LogP contribution in [0.3, 0.4) is 0 Å². The number of anilines is 1. The van der Waals surface area contributed by atoms with E-state index in [0.29, 0.717) is 29.7 Å². The molecule has 1 saturated heterocycles. The smallest absolute Gasteiger partial charge is 0.282 e. The Balaban J connectivity index is 1.61. The molecule has 1 saturated carbocycles. The van der Waals surface area contributed by atoms with Gasteiger partial charge in [0.05, 0.1) is 37.3 Å². The Labute approximate surface area is 151 Å². The molecule has 140 valence electrons. The summed E-state index contributed by atoms with van der Waals surface area (Å²) in [7, 11) is 0. The van der Waals surface area contributed by atoms with Crippen molar-refractivity contribution in [3.8, 4) is 17.1 Å². The molecule has 0 aromatic carbocycles. The zero-order chi connectivity index (χ0) is 18.5. The lowest BCUT2D eigenvalue weighted by Crippen LogP contribution is -2.56. The van der Waals surface area contributed by atoms with Crippen molar-refractivity contribution in [3.63, 3.8) is 0 Å². The molecule has 0 spiro atoms. The molecule has 3 heterocycles. The highest BCUT2D eigenvalue weighted by Gasteiger charge is 2.45. The summed E-state index contributed by atoms with van der Waals surface area (Å²) in [6, 6.07) is 3.79. The average Bonchev–Trinajstić information content (AvgIpc) is 3.22. The molecule has 2 fully saturated rings. The minimum absolute atomic E-state index is 0.0420. The van der Waals surface area contributed by atoms with Crippen LogP contribution in [-0.2, 0) is 5.41 Å². The Morgan fingerprint density at radius 1 is 1.23 bits per heavy atom. The Morgan fingerprint density at radius 3 is 2.54 bits per heavy atom. The first-order valence-corrected chi connectivity index (χ1v) is 9.03. The van der Waals surface area contributed by atoms with E-state index >= 15 is 0 Å². The molecule has 0 unspecified atom stereocenters. The van der Waals surface area contributed by atoms with Crippen LogP contribution in [0, 0.1) is 5.92 Å². The van der Waals surface area contributed by atoms with E-state index in [2.05, 4.69) is 36.0 Å². The maximum absolute atomic E-state index is 13.3. The Morgan fingerprint density at radius 2 is 1.96 bits per heavy atom. The van der Waals surface area contributed by atoms with Gasteiger partial charge in [-0.1, -0.05) is 20.8 Å². The van der Waals surface area contributed by atoms with Crippen molar-refractivity contribution < 1.29 is 13.5 Å². The van der Waals surface area contributed by atoms with E-state index in [1.54, 1.807) is 11.1 Å². The predicted octanol–water partition coefficient (Wildman–Crippen LogP) is 4.01. The van der Waals surface area contributed by atoms with Crippen LogP contribution in [0.5, 0.6) is 5.75 Å². The SMILES string of the molecule is CC(C)(C)c1cc(-c2cc(OCC3CC3)c(N3CC(F)(F)C3)cn2)n[nH]1. The summed E-state index contributed by atoms with van der Waals surface area (Å²) < 4.78 is 32.5. The van der Waals surface area contributed by atoms with Crippen LogP contribution < -0.4 is 9.64 Å². The van der Waals surface area contributed by atoms with Crippen molar-refractivity contribution in [2.45, 2.75) is 45.0 Å². The normalized spacial score (nSPS) is 19.3. The first-order chi connectivity index (χ1) is 12.2. The maximum Gasteiger partial charge on any atom is 0.282 e. The lowest BCUT2D eigenvalue weighted by molar-refractivity contribution is -0.0265. The number of aromatic amines is 1. The summed E-state index contributed by atoms with van der Waals surface area (Å²) in [6.45, 7) is 6.36. The van der Waals surface area contributed by atoms with Gasteiger partial charge in [0.2, 0.25) is 0 Å². The van der Waals surface area contributed by atoms with Gasteiger partial charge in [-0.15, -0.1) is 0 Å². The molecule has 0 amide bonds. The molecule has 2 aliphatic rings. The third-order valence-electron chi connectivity index (χ3n) is 4.85. The van der Waals surface area contributed by atoms with Gasteiger partial charge < -0.3 is 9.64 Å². The van der Waals surface area contributed by atoms with E-state index in [4.69, 9.17) is 4.74 Å². The second-order valence-electron chi connectivity index (χ2n) is 8.42. The lowest BCUT2D eigenvalue weighted by atomic mass is 9.92. The van der Waals surface area contributed by atoms with E-state index in [9.17, 15) is 8.78 Å². The Kier molecular flexibility index (Phi) is 3.93. The third-order valence-corrected chi connectivity index (χ3v) is 4.85. The topological polar surface area (TPSA) is 54.0 Å². The fraction of sp³-hybridized carbons (Fsp3) is 0.579.